The third-order valence-electron chi connectivity index (χ3n) is 18.7. The smallest absolute Gasteiger partial charge is 0.277 e. The number of allylic oxidation sites excluding steroid dienone is 36. The molecule has 1 unspecified atom stereocenters. The number of ether oxygens (including phenoxy) is 3. The molecule has 15 heteroatoms. The van der Waals surface area contributed by atoms with Gasteiger partial charge >= 0.3 is 0 Å². The molecule has 0 saturated carbocycles. The Balaban J connectivity index is 2.96. The number of rotatable bonds is 61. The van der Waals surface area contributed by atoms with E-state index in [2.05, 4.69) is 52.0 Å². The van der Waals surface area contributed by atoms with Gasteiger partial charge < -0.3 is 55.1 Å². The molecule has 0 aromatic carbocycles. The quantitative estimate of drug-likeness (QED) is 0.0160. The van der Waals surface area contributed by atoms with Gasteiger partial charge in [0, 0.05) is 0 Å². The lowest BCUT2D eigenvalue weighted by Crippen LogP contribution is -2.92. The first-order chi connectivity index (χ1) is 52.1. The Bertz CT molecular complexity index is 3100. The van der Waals surface area contributed by atoms with Crippen molar-refractivity contribution in [2.75, 3.05) is 19.8 Å². The molecular formula is C92H134O15. The molecule has 592 valence electrons. The normalized spacial score (nSPS) is 24.6. The van der Waals surface area contributed by atoms with Gasteiger partial charge in [-0.25, -0.2) is 0 Å². The molecule has 0 spiro atoms. The topological polar surface area (TPSA) is 258 Å². The predicted molar refractivity (Wildman–Crippen MR) is 438 cm³/mol. The van der Waals surface area contributed by atoms with Gasteiger partial charge in [-0.05, 0) is 75.7 Å². The van der Waals surface area contributed by atoms with Crippen LogP contribution in [0.5, 0.6) is 0 Å². The lowest BCUT2D eigenvalue weighted by molar-refractivity contribution is -0.446. The van der Waals surface area contributed by atoms with E-state index in [9.17, 15) is 40.9 Å². The van der Waals surface area contributed by atoms with Crippen LogP contribution in [0, 0.1) is 0 Å². The fourth-order valence-corrected chi connectivity index (χ4v) is 12.4. The van der Waals surface area contributed by atoms with Crippen molar-refractivity contribution in [2.24, 2.45) is 0 Å². The minimum absolute atomic E-state index is 0.595. The zero-order chi connectivity index (χ0) is 78.3. The van der Waals surface area contributed by atoms with E-state index in [-0.39, 0.29) is 0 Å². The summed E-state index contributed by atoms with van der Waals surface area (Å²) in [6.45, 7) is 4.61. The van der Waals surface area contributed by atoms with Crippen LogP contribution in [-0.4, -0.2) is 137 Å². The van der Waals surface area contributed by atoms with E-state index in [0.29, 0.717) is 24.3 Å². The van der Waals surface area contributed by atoms with E-state index in [1.807, 2.05) is 48.6 Å². The average molecular weight is 1480 g/mol. The molecule has 9 atom stereocenters. The Kier molecular flexibility index (Phi) is 54.7. The minimum Gasteiger partial charge on any atom is -0.394 e. The first-order valence-electron chi connectivity index (χ1n) is 40.0. The van der Waals surface area contributed by atoms with Crippen LogP contribution in [0.25, 0.3) is 0 Å². The fourth-order valence-electron chi connectivity index (χ4n) is 12.4. The zero-order valence-electron chi connectivity index (χ0n) is 65.1. The number of hydrogen-bond donors (Lipinski definition) is 8. The van der Waals surface area contributed by atoms with Gasteiger partial charge in [-0.1, -0.05) is 401 Å². The Hall–Kier alpha value is -6.96. The van der Waals surface area contributed by atoms with E-state index in [0.717, 1.165) is 82.1 Å². The van der Waals surface area contributed by atoms with Gasteiger partial charge in [0.1, 0.15) is 31.0 Å². The van der Waals surface area contributed by atoms with Crippen LogP contribution in [0.3, 0.4) is 0 Å². The molecule has 107 heavy (non-hydrogen) atoms. The number of carbonyl (C=O) groups excluding carboxylic acids is 4. The zero-order valence-corrected chi connectivity index (χ0v) is 65.1. The summed E-state index contributed by atoms with van der Waals surface area (Å²) >= 11 is 0. The Morgan fingerprint density at radius 2 is 0.579 bits per heavy atom. The SMILES string of the molecule is CCCCCCCCC/C=C/C=C/C=C/C=C/C=C/C(=O)[C@@]1(OC2(CO)O[C@H](CO)[C@@H](O)[C@@H]2O)O[C@H](CO)[C@](O)(C(=O)/C=C/C=C/C=C/C=C/C=C/CCCCCCCCC)[C@@](O)(C(=O)/C=C/C=C/C=C/C=C/C=C/CCCCCCCCC)[C@]1(O)C(=O)/C=C/C=C/C=C/C=C/C=C/CCCCCCCCC. The molecule has 2 saturated heterocycles. The molecule has 8 N–H and O–H groups in total. The number of hydrogen-bond acceptors (Lipinski definition) is 15. The summed E-state index contributed by atoms with van der Waals surface area (Å²) in [4.78, 5) is 62.1. The summed E-state index contributed by atoms with van der Waals surface area (Å²) in [7, 11) is 0. The van der Waals surface area contributed by atoms with Crippen LogP contribution in [0.1, 0.15) is 233 Å². The Morgan fingerprint density at radius 3 is 0.860 bits per heavy atom. The van der Waals surface area contributed by atoms with Crippen LogP contribution >= 0.6 is 0 Å². The van der Waals surface area contributed by atoms with E-state index < -0.39 is 95.7 Å². The monoisotopic (exact) mass is 1480 g/mol. The van der Waals surface area contributed by atoms with Crippen molar-refractivity contribution in [1.82, 2.24) is 0 Å². The van der Waals surface area contributed by atoms with Crippen molar-refractivity contribution in [3.8, 4) is 0 Å². The highest BCUT2D eigenvalue weighted by molar-refractivity contribution is 6.18. The fraction of sp³-hybridized carbons (Fsp3) is 0.522. The van der Waals surface area contributed by atoms with Crippen LogP contribution in [0.4, 0.5) is 0 Å². The average Bonchev–Trinajstić information content (AvgIpc) is 1.15. The molecule has 2 rings (SSSR count). The number of aliphatic hydroxyl groups is 8. The largest absolute Gasteiger partial charge is 0.394 e. The number of unbranched alkanes of at least 4 members (excludes halogenated alkanes) is 28. The maximum atomic E-state index is 15.7. The molecule has 0 aromatic rings. The van der Waals surface area contributed by atoms with Crippen LogP contribution in [0.15, 0.2) is 243 Å². The van der Waals surface area contributed by atoms with Crippen LogP contribution < -0.4 is 0 Å². The molecule has 2 fully saturated rings. The van der Waals surface area contributed by atoms with Gasteiger partial charge in [0.15, 0.2) is 23.0 Å². The molecule has 2 aliphatic rings. The van der Waals surface area contributed by atoms with Crippen molar-refractivity contribution < 1.29 is 74.2 Å². The van der Waals surface area contributed by atoms with Gasteiger partial charge in [0.2, 0.25) is 22.8 Å². The van der Waals surface area contributed by atoms with Crippen molar-refractivity contribution in [3.63, 3.8) is 0 Å². The summed E-state index contributed by atoms with van der Waals surface area (Å²) in [6, 6.07) is 0. The molecule has 0 amide bonds. The highest BCUT2D eigenvalue weighted by Gasteiger charge is 2.87. The van der Waals surface area contributed by atoms with Gasteiger partial charge in [0.05, 0.1) is 13.2 Å². The van der Waals surface area contributed by atoms with Gasteiger partial charge in [0.25, 0.3) is 5.79 Å². The third-order valence-corrected chi connectivity index (χ3v) is 18.7. The lowest BCUT2D eigenvalue weighted by atomic mass is 9.56. The van der Waals surface area contributed by atoms with Crippen molar-refractivity contribution in [1.29, 1.82) is 0 Å². The minimum atomic E-state index is -4.47. The second kappa shape index (κ2) is 60.9. The molecule has 0 aliphatic carbocycles. The van der Waals surface area contributed by atoms with Crippen molar-refractivity contribution in [2.45, 2.75) is 286 Å². The molecule has 0 radical (unpaired) electrons. The third kappa shape index (κ3) is 35.1. The lowest BCUT2D eigenvalue weighted by Gasteiger charge is -2.61. The molecule has 0 aromatic heterocycles. The molecule has 2 heterocycles. The molecule has 15 nitrogen and oxygen atoms in total. The van der Waals surface area contributed by atoms with Crippen molar-refractivity contribution in [3.05, 3.63) is 243 Å². The molecule has 2 aliphatic heterocycles. The first-order valence-corrected chi connectivity index (χ1v) is 40.0. The summed E-state index contributed by atoms with van der Waals surface area (Å²) in [5.74, 6) is -14.3. The van der Waals surface area contributed by atoms with Gasteiger partial charge in [-0.15, -0.1) is 0 Å². The Morgan fingerprint density at radius 1 is 0.318 bits per heavy atom. The van der Waals surface area contributed by atoms with Crippen molar-refractivity contribution >= 4 is 23.1 Å². The summed E-state index contributed by atoms with van der Waals surface area (Å²) in [5, 5.41) is 97.1. The van der Waals surface area contributed by atoms with E-state index >= 15 is 19.2 Å². The van der Waals surface area contributed by atoms with Gasteiger partial charge in [-0.3, -0.25) is 19.2 Å². The molecule has 0 bridgehead atoms. The standard InChI is InChI=1S/C92H134O15/c1-5-9-13-17-21-25-29-33-37-41-45-49-53-57-61-65-69-73-81(96)89(102)85(78-94)106-92(107-88(79-95)87(101)86(100)80(77-93)105-88,84(99)76-72-68-64-60-56-52-48-44-40-36-32-28-24-20-16-12-8-4)91(104,83(98)75-71-67-63-59-55-51-47-43-39-35-31-27-23-19-15-11-7-3)90(89,103)82(97)74-70-66-62-58-54-50-46-42-38-34-30-26-22-18-14-10-6-2/h37-76,80,85-87,93-95,100-104H,5-36,77-79H2,1-4H3/b41-37+,42-38+,43-39+,44-40+,49-45+,50-46+,51-47+,52-48+,57-53+,58-54+,59-55+,60-56+,65-61+,66-62+,67-63+,68-64+,73-69+,74-70+,75-71+,76-72+/t80-,85-,86-,87+,88?,89-,90+,91-,92+/m1/s1. The maximum absolute atomic E-state index is 15.7. The summed E-state index contributed by atoms with van der Waals surface area (Å²) in [6.07, 6.45) is 90.5. The first kappa shape index (κ1) is 96.1. The number of carbonyl (C=O) groups is 4. The van der Waals surface area contributed by atoms with E-state index in [1.165, 1.54) is 196 Å². The summed E-state index contributed by atoms with van der Waals surface area (Å²) < 4.78 is 18.2. The summed E-state index contributed by atoms with van der Waals surface area (Å²) in [5.41, 5.74) is -12.8. The molecular weight excluding hydrogens is 1340 g/mol. The Labute approximate surface area is 642 Å². The van der Waals surface area contributed by atoms with Crippen LogP contribution in [0.2, 0.25) is 0 Å². The second-order valence-electron chi connectivity index (χ2n) is 27.3. The van der Waals surface area contributed by atoms with E-state index in [4.69, 9.17) is 14.2 Å². The number of aliphatic hydroxyl groups excluding tert-OH is 5. The van der Waals surface area contributed by atoms with Crippen LogP contribution in [-0.2, 0) is 33.4 Å². The van der Waals surface area contributed by atoms with Gasteiger partial charge in [-0.2, -0.15) is 0 Å². The second-order valence-corrected chi connectivity index (χ2v) is 27.3. The highest BCUT2D eigenvalue weighted by atomic mass is 16.8. The highest BCUT2D eigenvalue weighted by Crippen LogP contribution is 2.55. The predicted octanol–water partition coefficient (Wildman–Crippen LogP) is 18.0. The maximum Gasteiger partial charge on any atom is 0.277 e. The number of ketones is 4. The van der Waals surface area contributed by atoms with E-state index in [1.54, 1.807) is 72.9 Å².